The highest BCUT2D eigenvalue weighted by Gasteiger charge is 2.18. The van der Waals surface area contributed by atoms with Gasteiger partial charge in [0.1, 0.15) is 0 Å². The standard InChI is InChI=1S/C12H11ClN4O5S/c1-6(18)14-10-11(17-22-16-10)15-12(19)8-4-3-7(5-9(8)13)23(2,20)21/h3-5H,1-2H3,(H,14,16,18)(H,15,17,19). The van der Waals surface area contributed by atoms with Crippen LogP contribution in [0.2, 0.25) is 5.02 Å². The molecule has 0 aliphatic heterocycles. The first-order valence-corrected chi connectivity index (χ1v) is 8.36. The Morgan fingerprint density at radius 2 is 1.78 bits per heavy atom. The molecular formula is C12H11ClN4O5S. The van der Waals surface area contributed by atoms with Gasteiger partial charge in [-0.05, 0) is 28.5 Å². The van der Waals surface area contributed by atoms with Crippen molar-refractivity contribution in [2.24, 2.45) is 0 Å². The maximum absolute atomic E-state index is 12.2. The van der Waals surface area contributed by atoms with Crippen LogP contribution in [0.4, 0.5) is 11.6 Å². The van der Waals surface area contributed by atoms with Gasteiger partial charge in [0.2, 0.25) is 17.5 Å². The van der Waals surface area contributed by atoms with Crippen LogP contribution in [-0.2, 0) is 14.6 Å². The highest BCUT2D eigenvalue weighted by molar-refractivity contribution is 7.90. The maximum atomic E-state index is 12.2. The molecule has 0 saturated heterocycles. The van der Waals surface area contributed by atoms with Crippen molar-refractivity contribution in [3.63, 3.8) is 0 Å². The predicted molar refractivity (Wildman–Crippen MR) is 81.1 cm³/mol. The zero-order valence-corrected chi connectivity index (χ0v) is 13.5. The Morgan fingerprint density at radius 3 is 2.30 bits per heavy atom. The van der Waals surface area contributed by atoms with E-state index in [4.69, 9.17) is 11.6 Å². The molecule has 2 rings (SSSR count). The summed E-state index contributed by atoms with van der Waals surface area (Å²) in [5, 5.41) is 11.5. The number of carbonyl (C=O) groups is 2. The average Bonchev–Trinajstić information content (AvgIpc) is 2.83. The molecule has 0 atom stereocenters. The number of nitrogens with one attached hydrogen (secondary N) is 2. The quantitative estimate of drug-likeness (QED) is 0.842. The smallest absolute Gasteiger partial charge is 0.258 e. The van der Waals surface area contributed by atoms with Crippen LogP contribution in [0.15, 0.2) is 27.7 Å². The van der Waals surface area contributed by atoms with Gasteiger partial charge in [0, 0.05) is 13.2 Å². The molecule has 0 radical (unpaired) electrons. The van der Waals surface area contributed by atoms with Gasteiger partial charge >= 0.3 is 0 Å². The third-order valence-electron chi connectivity index (χ3n) is 2.63. The highest BCUT2D eigenvalue weighted by Crippen LogP contribution is 2.23. The van der Waals surface area contributed by atoms with Gasteiger partial charge in [-0.1, -0.05) is 11.6 Å². The lowest BCUT2D eigenvalue weighted by Gasteiger charge is -2.06. The van der Waals surface area contributed by atoms with Crippen molar-refractivity contribution in [2.45, 2.75) is 11.8 Å². The Bertz CT molecular complexity index is 877. The summed E-state index contributed by atoms with van der Waals surface area (Å²) in [6.45, 7) is 1.25. The van der Waals surface area contributed by atoms with Crippen molar-refractivity contribution in [3.8, 4) is 0 Å². The first kappa shape index (κ1) is 16.9. The van der Waals surface area contributed by atoms with E-state index in [1.54, 1.807) is 0 Å². The van der Waals surface area contributed by atoms with Crippen LogP contribution < -0.4 is 10.6 Å². The summed E-state index contributed by atoms with van der Waals surface area (Å²) in [4.78, 5) is 23.1. The molecule has 1 aromatic carbocycles. The van der Waals surface area contributed by atoms with Crippen LogP contribution in [0.25, 0.3) is 0 Å². The van der Waals surface area contributed by atoms with E-state index in [1.807, 2.05) is 0 Å². The van der Waals surface area contributed by atoms with Gasteiger partial charge in [-0.2, -0.15) is 0 Å². The number of rotatable bonds is 4. The Labute approximate surface area is 135 Å². The number of amides is 2. The molecule has 11 heteroatoms. The number of aromatic nitrogens is 2. The molecular weight excluding hydrogens is 348 g/mol. The molecule has 1 aromatic heterocycles. The second-order valence-electron chi connectivity index (χ2n) is 4.51. The maximum Gasteiger partial charge on any atom is 0.258 e. The van der Waals surface area contributed by atoms with E-state index in [9.17, 15) is 18.0 Å². The summed E-state index contributed by atoms with van der Waals surface area (Å²) < 4.78 is 27.3. The summed E-state index contributed by atoms with van der Waals surface area (Å²) in [5.41, 5.74) is 0.0239. The number of nitrogens with zero attached hydrogens (tertiary/aromatic N) is 2. The topological polar surface area (TPSA) is 131 Å². The SMILES string of the molecule is CC(=O)Nc1nonc1NC(=O)c1ccc(S(C)(=O)=O)cc1Cl. The van der Waals surface area contributed by atoms with Gasteiger partial charge in [0.15, 0.2) is 9.84 Å². The molecule has 1 heterocycles. The molecule has 0 unspecified atom stereocenters. The molecule has 2 aromatic rings. The molecule has 2 N–H and O–H groups in total. The number of carbonyl (C=O) groups excluding carboxylic acids is 2. The van der Waals surface area contributed by atoms with E-state index < -0.39 is 21.7 Å². The fourth-order valence-electron chi connectivity index (χ4n) is 1.60. The van der Waals surface area contributed by atoms with Crippen LogP contribution >= 0.6 is 11.6 Å². The number of sulfone groups is 1. The normalized spacial score (nSPS) is 11.1. The minimum absolute atomic E-state index is 0.0129. The summed E-state index contributed by atoms with van der Waals surface area (Å²) >= 11 is 5.94. The lowest BCUT2D eigenvalue weighted by molar-refractivity contribution is -0.114. The predicted octanol–water partition coefficient (Wildman–Crippen LogP) is 1.34. The third kappa shape index (κ3) is 4.05. The molecule has 0 saturated carbocycles. The number of hydrogen-bond donors (Lipinski definition) is 2. The van der Waals surface area contributed by atoms with Crippen molar-refractivity contribution in [1.82, 2.24) is 10.3 Å². The van der Waals surface area contributed by atoms with Crippen molar-refractivity contribution in [3.05, 3.63) is 28.8 Å². The van der Waals surface area contributed by atoms with E-state index in [2.05, 4.69) is 25.6 Å². The molecule has 0 aliphatic carbocycles. The van der Waals surface area contributed by atoms with Crippen LogP contribution in [0.1, 0.15) is 17.3 Å². The number of hydrogen-bond acceptors (Lipinski definition) is 7. The van der Waals surface area contributed by atoms with Gasteiger partial charge in [0.05, 0.1) is 15.5 Å². The molecule has 23 heavy (non-hydrogen) atoms. The second-order valence-corrected chi connectivity index (χ2v) is 6.93. The first-order valence-electron chi connectivity index (χ1n) is 6.09. The van der Waals surface area contributed by atoms with Gasteiger partial charge in [-0.15, -0.1) is 0 Å². The molecule has 0 aliphatic rings. The molecule has 9 nitrogen and oxygen atoms in total. The molecule has 0 bridgehead atoms. The van der Waals surface area contributed by atoms with Crippen molar-refractivity contribution >= 4 is 44.9 Å². The van der Waals surface area contributed by atoms with Gasteiger partial charge in [-0.25, -0.2) is 13.0 Å². The van der Waals surface area contributed by atoms with E-state index in [1.165, 1.54) is 25.1 Å². The van der Waals surface area contributed by atoms with Crippen LogP contribution in [0, 0.1) is 0 Å². The molecule has 0 spiro atoms. The fraction of sp³-hybridized carbons (Fsp3) is 0.167. The Balaban J connectivity index is 2.25. The Kier molecular flexibility index (Phi) is 4.66. The minimum atomic E-state index is -3.44. The van der Waals surface area contributed by atoms with Crippen molar-refractivity contribution in [2.75, 3.05) is 16.9 Å². The lowest BCUT2D eigenvalue weighted by Crippen LogP contribution is -2.16. The summed E-state index contributed by atoms with van der Waals surface area (Å²) in [7, 11) is -3.44. The number of benzene rings is 1. The fourth-order valence-corrected chi connectivity index (χ4v) is 2.58. The average molecular weight is 359 g/mol. The van der Waals surface area contributed by atoms with Crippen LogP contribution in [-0.4, -0.2) is 36.8 Å². The van der Waals surface area contributed by atoms with E-state index in [0.29, 0.717) is 0 Å². The van der Waals surface area contributed by atoms with Gasteiger partial charge in [0.25, 0.3) is 5.91 Å². The molecule has 122 valence electrons. The van der Waals surface area contributed by atoms with E-state index >= 15 is 0 Å². The van der Waals surface area contributed by atoms with Gasteiger partial charge in [-0.3, -0.25) is 9.59 Å². The number of anilines is 2. The second kappa shape index (κ2) is 6.34. The molecule has 2 amide bonds. The zero-order valence-electron chi connectivity index (χ0n) is 12.0. The largest absolute Gasteiger partial charge is 0.305 e. The Morgan fingerprint density at radius 1 is 1.17 bits per heavy atom. The molecule has 0 fully saturated rings. The summed E-state index contributed by atoms with van der Waals surface area (Å²) in [6, 6.07) is 3.69. The minimum Gasteiger partial charge on any atom is -0.305 e. The highest BCUT2D eigenvalue weighted by atomic mass is 35.5. The first-order chi connectivity index (χ1) is 10.7. The summed E-state index contributed by atoms with van der Waals surface area (Å²) in [5.74, 6) is -1.26. The third-order valence-corrected chi connectivity index (χ3v) is 4.05. The number of halogens is 1. The van der Waals surface area contributed by atoms with E-state index in [0.717, 1.165) is 6.26 Å². The monoisotopic (exact) mass is 358 g/mol. The zero-order chi connectivity index (χ0) is 17.2. The lowest BCUT2D eigenvalue weighted by atomic mass is 10.2. The van der Waals surface area contributed by atoms with Crippen molar-refractivity contribution in [1.29, 1.82) is 0 Å². The van der Waals surface area contributed by atoms with Crippen LogP contribution in [0.5, 0.6) is 0 Å². The van der Waals surface area contributed by atoms with E-state index in [-0.39, 0.29) is 27.1 Å². The van der Waals surface area contributed by atoms with Gasteiger partial charge < -0.3 is 10.6 Å². The van der Waals surface area contributed by atoms with Crippen molar-refractivity contribution < 1.29 is 22.6 Å². The Hall–Kier alpha value is -2.46. The summed E-state index contributed by atoms with van der Waals surface area (Å²) in [6.07, 6.45) is 1.03. The van der Waals surface area contributed by atoms with Crippen LogP contribution in [0.3, 0.4) is 0 Å².